The van der Waals surface area contributed by atoms with Crippen LogP contribution < -0.4 is 10.6 Å². The number of fused-ring (bicyclic) bond motifs is 1. The minimum absolute atomic E-state index is 0.0808. The van der Waals surface area contributed by atoms with Crippen molar-refractivity contribution in [1.82, 2.24) is 31.3 Å². The van der Waals surface area contributed by atoms with Gasteiger partial charge in [-0.2, -0.15) is 5.21 Å². The second kappa shape index (κ2) is 12.3. The predicted molar refractivity (Wildman–Crippen MR) is 113 cm³/mol. The molecule has 4 atom stereocenters. The smallest absolute Gasteiger partial charge is 0.330 e. The van der Waals surface area contributed by atoms with E-state index in [4.69, 9.17) is 9.47 Å². The number of rotatable bonds is 10. The Morgan fingerprint density at radius 3 is 2.81 bits per heavy atom. The molecule has 11 nitrogen and oxygen atoms in total. The maximum absolute atomic E-state index is 12.5. The van der Waals surface area contributed by atoms with Gasteiger partial charge in [0.25, 0.3) is 0 Å². The molecule has 1 amide bonds. The summed E-state index contributed by atoms with van der Waals surface area (Å²) < 4.78 is 10.0. The maximum Gasteiger partial charge on any atom is 0.330 e. The molecule has 1 aromatic heterocycles. The first-order valence-electron chi connectivity index (χ1n) is 11.3. The van der Waals surface area contributed by atoms with E-state index in [2.05, 4.69) is 31.3 Å². The summed E-state index contributed by atoms with van der Waals surface area (Å²) >= 11 is 0. The number of aromatic nitrogens is 4. The second-order valence-electron chi connectivity index (χ2n) is 8.31. The van der Waals surface area contributed by atoms with Gasteiger partial charge in [-0.3, -0.25) is 9.59 Å². The van der Waals surface area contributed by atoms with E-state index in [9.17, 15) is 14.4 Å². The first kappa shape index (κ1) is 23.8. The van der Waals surface area contributed by atoms with E-state index in [-0.39, 0.29) is 31.8 Å². The van der Waals surface area contributed by atoms with Crippen molar-refractivity contribution in [1.29, 1.82) is 0 Å². The van der Waals surface area contributed by atoms with Crippen LogP contribution in [0.2, 0.25) is 0 Å². The Morgan fingerprint density at radius 1 is 1.16 bits per heavy atom. The van der Waals surface area contributed by atoms with Crippen molar-refractivity contribution in [3.63, 3.8) is 0 Å². The van der Waals surface area contributed by atoms with E-state index in [1.165, 1.54) is 12.8 Å². The summed E-state index contributed by atoms with van der Waals surface area (Å²) in [7, 11) is 0. The van der Waals surface area contributed by atoms with Gasteiger partial charge < -0.3 is 20.1 Å². The van der Waals surface area contributed by atoms with Crippen LogP contribution >= 0.6 is 0 Å². The summed E-state index contributed by atoms with van der Waals surface area (Å²) in [5.74, 6) is 1.17. The third kappa shape index (κ3) is 7.40. The molecule has 0 unspecified atom stereocenters. The Morgan fingerprint density at radius 2 is 2.03 bits per heavy atom. The Labute approximate surface area is 187 Å². The molecular formula is C21H32N6O5. The number of H-pyrrole nitrogens is 1. The molecule has 2 aliphatic rings. The molecule has 1 saturated carbocycles. The highest BCUT2D eigenvalue weighted by Crippen LogP contribution is 2.40. The van der Waals surface area contributed by atoms with Gasteiger partial charge in [0, 0.05) is 18.6 Å². The molecule has 0 spiro atoms. The number of nitrogens with zero attached hydrogens (tertiary/aromatic N) is 3. The minimum atomic E-state index is -0.574. The number of amides is 1. The molecule has 1 saturated heterocycles. The summed E-state index contributed by atoms with van der Waals surface area (Å²) in [4.78, 5) is 35.3. The number of carbonyl (C=O) groups excluding carboxylic acids is 3. The van der Waals surface area contributed by atoms with Crippen LogP contribution in [0.25, 0.3) is 0 Å². The fourth-order valence-electron chi connectivity index (χ4n) is 4.54. The van der Waals surface area contributed by atoms with Crippen LogP contribution in [0, 0.1) is 17.8 Å². The lowest BCUT2D eigenvalue weighted by Crippen LogP contribution is -2.50. The summed E-state index contributed by atoms with van der Waals surface area (Å²) in [6.07, 6.45) is 8.27. The molecule has 1 aliphatic carbocycles. The number of tetrazole rings is 1. The Kier molecular flexibility index (Phi) is 9.14. The number of carbonyl (C=O) groups is 3. The largest absolute Gasteiger partial charge is 0.463 e. The van der Waals surface area contributed by atoms with Crippen LogP contribution in [0.4, 0.5) is 0 Å². The number of esters is 2. The molecule has 2 heterocycles. The molecule has 32 heavy (non-hydrogen) atoms. The van der Waals surface area contributed by atoms with E-state index in [1.54, 1.807) is 6.92 Å². The van der Waals surface area contributed by atoms with E-state index in [0.717, 1.165) is 50.2 Å². The van der Waals surface area contributed by atoms with Gasteiger partial charge in [-0.1, -0.05) is 11.6 Å². The van der Waals surface area contributed by atoms with Gasteiger partial charge in [0.15, 0.2) is 5.82 Å². The third-order valence-corrected chi connectivity index (χ3v) is 6.17. The summed E-state index contributed by atoms with van der Waals surface area (Å²) in [5.41, 5.74) is 0. The van der Waals surface area contributed by atoms with Gasteiger partial charge in [0.05, 0.1) is 13.2 Å². The summed E-state index contributed by atoms with van der Waals surface area (Å²) in [5, 5.41) is 20.0. The second-order valence-corrected chi connectivity index (χ2v) is 8.31. The molecule has 0 aromatic carbocycles. The molecule has 1 aromatic rings. The maximum atomic E-state index is 12.5. The molecule has 11 heteroatoms. The Balaban J connectivity index is 1.34. The highest BCUT2D eigenvalue weighted by molar-refractivity contribution is 5.94. The van der Waals surface area contributed by atoms with Crippen molar-refractivity contribution in [3.05, 3.63) is 18.0 Å². The number of hydrogen-bond donors (Lipinski definition) is 3. The minimum Gasteiger partial charge on any atom is -0.463 e. The van der Waals surface area contributed by atoms with Crippen molar-refractivity contribution >= 4 is 17.8 Å². The van der Waals surface area contributed by atoms with Crippen molar-refractivity contribution in [2.24, 2.45) is 17.8 Å². The van der Waals surface area contributed by atoms with E-state index >= 15 is 0 Å². The van der Waals surface area contributed by atoms with Crippen LogP contribution in [0.5, 0.6) is 0 Å². The number of hydrogen-bond acceptors (Lipinski definition) is 9. The quantitative estimate of drug-likeness (QED) is 0.261. The lowest BCUT2D eigenvalue weighted by atomic mass is 9.69. The lowest BCUT2D eigenvalue weighted by molar-refractivity contribution is -0.148. The fraction of sp³-hybridized carbons (Fsp3) is 0.714. The first-order valence-corrected chi connectivity index (χ1v) is 11.3. The zero-order chi connectivity index (χ0) is 22.8. The molecule has 0 radical (unpaired) electrons. The summed E-state index contributed by atoms with van der Waals surface area (Å²) in [6, 6.07) is -0.313. The molecule has 3 N–H and O–H groups in total. The number of aromatic amines is 1. The van der Waals surface area contributed by atoms with Gasteiger partial charge >= 0.3 is 11.9 Å². The molecule has 0 bridgehead atoms. The van der Waals surface area contributed by atoms with E-state index in [1.807, 2.05) is 0 Å². The third-order valence-electron chi connectivity index (χ3n) is 6.17. The van der Waals surface area contributed by atoms with Gasteiger partial charge in [-0.05, 0) is 56.9 Å². The van der Waals surface area contributed by atoms with Crippen molar-refractivity contribution in [2.45, 2.75) is 51.5 Å². The molecule has 2 fully saturated rings. The van der Waals surface area contributed by atoms with E-state index < -0.39 is 11.9 Å². The fourth-order valence-corrected chi connectivity index (χ4v) is 4.54. The SMILES string of the molecule is CCOC(=O)/C=C/C(=O)NCCOC(=O)[C@@H]1C[C@H]2C[C@@H](CCc3nn[nH]n3)CC[C@H]2CN1. The Hall–Kier alpha value is -2.82. The van der Waals surface area contributed by atoms with Crippen LogP contribution in [0.15, 0.2) is 12.2 Å². The highest BCUT2D eigenvalue weighted by Gasteiger charge is 2.38. The van der Waals surface area contributed by atoms with Gasteiger partial charge in [0.1, 0.15) is 12.6 Å². The number of piperidine rings is 1. The van der Waals surface area contributed by atoms with Gasteiger partial charge in [-0.15, -0.1) is 10.2 Å². The van der Waals surface area contributed by atoms with Crippen LogP contribution in [0.3, 0.4) is 0 Å². The monoisotopic (exact) mass is 448 g/mol. The normalized spacial score (nSPS) is 25.2. The predicted octanol–water partition coefficient (Wildman–Crippen LogP) is 0.305. The van der Waals surface area contributed by atoms with Crippen molar-refractivity contribution < 1.29 is 23.9 Å². The zero-order valence-corrected chi connectivity index (χ0v) is 18.4. The average molecular weight is 449 g/mol. The van der Waals surface area contributed by atoms with Crippen LogP contribution in [-0.4, -0.2) is 70.8 Å². The average Bonchev–Trinajstić information content (AvgIpc) is 3.32. The molecule has 3 rings (SSSR count). The molecular weight excluding hydrogens is 416 g/mol. The zero-order valence-electron chi connectivity index (χ0n) is 18.4. The summed E-state index contributed by atoms with van der Waals surface area (Å²) in [6.45, 7) is 3.02. The number of aryl methyl sites for hydroxylation is 1. The standard InChI is InChI=1S/C21H32N6O5/c1-2-31-20(29)8-7-19(28)22-9-10-32-21(30)17-12-16-11-14(3-5-15(16)13-23-17)4-6-18-24-26-27-25-18/h7-8,14-17,23H,2-6,9-13H2,1H3,(H,22,28)(H,24,25,26,27)/b8-7+/t14-,15+,16-,17+/m1/s1. The van der Waals surface area contributed by atoms with E-state index in [0.29, 0.717) is 17.8 Å². The van der Waals surface area contributed by atoms with Crippen LogP contribution in [-0.2, 0) is 30.3 Å². The van der Waals surface area contributed by atoms with Crippen LogP contribution in [0.1, 0.15) is 44.9 Å². The van der Waals surface area contributed by atoms with Gasteiger partial charge in [-0.25, -0.2) is 4.79 Å². The van der Waals surface area contributed by atoms with Gasteiger partial charge in [0.2, 0.25) is 5.91 Å². The first-order chi connectivity index (χ1) is 15.5. The highest BCUT2D eigenvalue weighted by atomic mass is 16.5. The molecule has 176 valence electrons. The van der Waals surface area contributed by atoms with Crippen molar-refractivity contribution in [2.75, 3.05) is 26.3 Å². The molecule has 1 aliphatic heterocycles. The number of nitrogens with one attached hydrogen (secondary N) is 3. The Bertz CT molecular complexity index is 784. The number of ether oxygens (including phenoxy) is 2. The van der Waals surface area contributed by atoms with Crippen molar-refractivity contribution in [3.8, 4) is 0 Å². The lowest BCUT2D eigenvalue weighted by Gasteiger charge is -2.42. The topological polar surface area (TPSA) is 148 Å².